The lowest BCUT2D eigenvalue weighted by Gasteiger charge is -2.11. The van der Waals surface area contributed by atoms with E-state index in [-0.39, 0.29) is 16.9 Å². The molecule has 0 spiro atoms. The number of hydrogen-bond donors (Lipinski definition) is 3. The molecule has 8 heteroatoms. The molecule has 0 aliphatic rings. The number of aryl methyl sites for hydroxylation is 1. The summed E-state index contributed by atoms with van der Waals surface area (Å²) < 4.78 is 1.02. The average Bonchev–Trinajstić information content (AvgIpc) is 2.62. The zero-order valence-corrected chi connectivity index (χ0v) is 14.3. The van der Waals surface area contributed by atoms with Gasteiger partial charge in [-0.3, -0.25) is 14.4 Å². The molecule has 2 amide bonds. The summed E-state index contributed by atoms with van der Waals surface area (Å²) in [5, 5.41) is 16.5. The zero-order valence-electron chi connectivity index (χ0n) is 14.3. The summed E-state index contributed by atoms with van der Waals surface area (Å²) in [6.07, 6.45) is 0. The van der Waals surface area contributed by atoms with Crippen molar-refractivity contribution in [3.8, 4) is 11.4 Å². The Hall–Kier alpha value is -3.94. The Labute approximate surface area is 153 Å². The molecule has 4 N–H and O–H groups in total. The minimum Gasteiger partial charge on any atom is -0.505 e. The average molecular weight is 364 g/mol. The largest absolute Gasteiger partial charge is 0.505 e. The monoisotopic (exact) mass is 364 g/mol. The summed E-state index contributed by atoms with van der Waals surface area (Å²) in [6.45, 7) is 1.85. The number of nitrogens with two attached hydrogens (primary N) is 1. The normalized spacial score (nSPS) is 10.4. The fourth-order valence-corrected chi connectivity index (χ4v) is 2.54. The summed E-state index contributed by atoms with van der Waals surface area (Å²) >= 11 is 0. The van der Waals surface area contributed by atoms with Crippen molar-refractivity contribution in [1.29, 1.82) is 0 Å². The van der Waals surface area contributed by atoms with Gasteiger partial charge < -0.3 is 16.2 Å². The maximum Gasteiger partial charge on any atom is 0.280 e. The third kappa shape index (κ3) is 3.69. The van der Waals surface area contributed by atoms with Crippen LogP contribution in [0.4, 0.5) is 5.69 Å². The molecule has 0 aliphatic heterocycles. The van der Waals surface area contributed by atoms with Crippen molar-refractivity contribution in [3.63, 3.8) is 0 Å². The van der Waals surface area contributed by atoms with Gasteiger partial charge in [0, 0.05) is 6.07 Å². The lowest BCUT2D eigenvalue weighted by Crippen LogP contribution is -2.26. The maximum absolute atomic E-state index is 12.6. The van der Waals surface area contributed by atoms with Crippen LogP contribution >= 0.6 is 0 Å². The molecule has 27 heavy (non-hydrogen) atoms. The second kappa shape index (κ2) is 7.12. The van der Waals surface area contributed by atoms with E-state index in [0.717, 1.165) is 16.3 Å². The van der Waals surface area contributed by atoms with Gasteiger partial charge in [-0.1, -0.05) is 24.3 Å². The highest BCUT2D eigenvalue weighted by Crippen LogP contribution is 2.18. The van der Waals surface area contributed by atoms with Gasteiger partial charge in [0.05, 0.1) is 16.9 Å². The molecule has 136 valence electrons. The van der Waals surface area contributed by atoms with Gasteiger partial charge in [-0.15, -0.1) is 0 Å². The van der Waals surface area contributed by atoms with E-state index in [1.165, 1.54) is 12.1 Å². The fourth-order valence-electron chi connectivity index (χ4n) is 2.54. The number of amides is 2. The van der Waals surface area contributed by atoms with Gasteiger partial charge in [0.1, 0.15) is 0 Å². The first-order valence-electron chi connectivity index (χ1n) is 7.97. The zero-order chi connectivity index (χ0) is 19.6. The molecule has 0 aliphatic carbocycles. The number of carbonyl (C=O) groups excluding carboxylic acids is 2. The molecule has 0 atom stereocenters. The summed E-state index contributed by atoms with van der Waals surface area (Å²) in [5.74, 6) is -2.08. The summed E-state index contributed by atoms with van der Waals surface area (Å²) in [5.41, 5.74) is 5.97. The van der Waals surface area contributed by atoms with Crippen LogP contribution in [0.2, 0.25) is 0 Å². The number of nitrogens with zero attached hydrogens (tertiary/aromatic N) is 2. The molecule has 0 fully saturated rings. The predicted octanol–water partition coefficient (Wildman–Crippen LogP) is 1.60. The van der Waals surface area contributed by atoms with E-state index in [1.807, 2.05) is 13.0 Å². The number of nitrogens with one attached hydrogen (secondary N) is 1. The van der Waals surface area contributed by atoms with Gasteiger partial charge in [0.15, 0.2) is 11.4 Å². The Bertz CT molecular complexity index is 1100. The predicted molar refractivity (Wildman–Crippen MR) is 99.1 cm³/mol. The van der Waals surface area contributed by atoms with E-state index in [9.17, 15) is 19.5 Å². The Balaban J connectivity index is 2.02. The topological polar surface area (TPSA) is 127 Å². The van der Waals surface area contributed by atoms with Crippen LogP contribution in [0.25, 0.3) is 5.69 Å². The molecule has 0 saturated carbocycles. The standard InChI is InChI=1S/C19H16N4O4/c1-11-5-4-6-12(9-11)23-16(25)10-15(24)17(22-23)19(27)21-14-8-3-2-7-13(14)18(20)26/h2-10,24H,1H3,(H2,20,26)(H,21,27). The number of carbonyl (C=O) groups is 2. The van der Waals surface area contributed by atoms with Crippen molar-refractivity contribution in [2.45, 2.75) is 6.92 Å². The first kappa shape index (κ1) is 17.9. The number of anilines is 1. The number of aromatic hydroxyl groups is 1. The van der Waals surface area contributed by atoms with Gasteiger partial charge in [0.25, 0.3) is 17.4 Å². The number of aromatic nitrogens is 2. The van der Waals surface area contributed by atoms with E-state index < -0.39 is 23.1 Å². The molecule has 8 nitrogen and oxygen atoms in total. The molecule has 0 bridgehead atoms. The van der Waals surface area contributed by atoms with Crippen molar-refractivity contribution in [1.82, 2.24) is 9.78 Å². The quantitative estimate of drug-likeness (QED) is 0.648. The Morgan fingerprint density at radius 2 is 1.85 bits per heavy atom. The maximum atomic E-state index is 12.6. The number of primary amides is 1. The van der Waals surface area contributed by atoms with Crippen molar-refractivity contribution in [2.75, 3.05) is 5.32 Å². The highest BCUT2D eigenvalue weighted by atomic mass is 16.3. The van der Waals surface area contributed by atoms with Gasteiger partial charge in [-0.05, 0) is 36.8 Å². The van der Waals surface area contributed by atoms with E-state index in [1.54, 1.807) is 30.3 Å². The highest BCUT2D eigenvalue weighted by molar-refractivity contribution is 6.08. The smallest absolute Gasteiger partial charge is 0.280 e. The second-order valence-electron chi connectivity index (χ2n) is 5.83. The van der Waals surface area contributed by atoms with Crippen molar-refractivity contribution in [2.24, 2.45) is 5.73 Å². The molecule has 0 unspecified atom stereocenters. The summed E-state index contributed by atoms with van der Waals surface area (Å²) in [6, 6.07) is 14.0. The van der Waals surface area contributed by atoms with E-state index in [4.69, 9.17) is 5.73 Å². The molecule has 3 aromatic rings. The van der Waals surface area contributed by atoms with Crippen LogP contribution in [-0.4, -0.2) is 26.7 Å². The number of benzene rings is 2. The fraction of sp³-hybridized carbons (Fsp3) is 0.0526. The summed E-state index contributed by atoms with van der Waals surface area (Å²) in [4.78, 5) is 36.2. The lowest BCUT2D eigenvalue weighted by atomic mass is 10.1. The minimum atomic E-state index is -0.789. The number of para-hydroxylation sites is 1. The van der Waals surface area contributed by atoms with Crippen LogP contribution in [0.3, 0.4) is 0 Å². The molecule has 0 saturated heterocycles. The third-order valence-electron chi connectivity index (χ3n) is 3.81. The van der Waals surface area contributed by atoms with Crippen LogP contribution in [0, 0.1) is 6.92 Å². The van der Waals surface area contributed by atoms with Crippen molar-refractivity contribution < 1.29 is 14.7 Å². The molecule has 3 rings (SSSR count). The Kier molecular flexibility index (Phi) is 4.71. The molecular formula is C19H16N4O4. The summed E-state index contributed by atoms with van der Waals surface area (Å²) in [7, 11) is 0. The lowest BCUT2D eigenvalue weighted by molar-refractivity contribution is 0.100. The molecule has 0 radical (unpaired) electrons. The van der Waals surface area contributed by atoms with E-state index >= 15 is 0 Å². The molecule has 1 aromatic heterocycles. The van der Waals surface area contributed by atoms with Crippen molar-refractivity contribution >= 4 is 17.5 Å². The van der Waals surface area contributed by atoms with Gasteiger partial charge >= 0.3 is 0 Å². The molecular weight excluding hydrogens is 348 g/mol. The first-order chi connectivity index (χ1) is 12.9. The van der Waals surface area contributed by atoms with Crippen LogP contribution in [0.15, 0.2) is 59.4 Å². The molecule has 1 heterocycles. The van der Waals surface area contributed by atoms with Gasteiger partial charge in [-0.25, -0.2) is 0 Å². The third-order valence-corrected chi connectivity index (χ3v) is 3.81. The van der Waals surface area contributed by atoms with Gasteiger partial charge in [-0.2, -0.15) is 9.78 Å². The van der Waals surface area contributed by atoms with Gasteiger partial charge in [0.2, 0.25) is 0 Å². The Morgan fingerprint density at radius 3 is 2.56 bits per heavy atom. The van der Waals surface area contributed by atoms with Crippen molar-refractivity contribution in [3.05, 3.63) is 81.8 Å². The first-order valence-corrected chi connectivity index (χ1v) is 7.97. The van der Waals surface area contributed by atoms with E-state index in [0.29, 0.717) is 5.69 Å². The van der Waals surface area contributed by atoms with Crippen LogP contribution in [0.1, 0.15) is 26.4 Å². The van der Waals surface area contributed by atoms with Crippen LogP contribution in [-0.2, 0) is 0 Å². The number of rotatable bonds is 4. The molecule has 2 aromatic carbocycles. The SMILES string of the molecule is Cc1cccc(-n2nc(C(=O)Nc3ccccc3C(N)=O)c(O)cc2=O)c1. The van der Waals surface area contributed by atoms with Crippen LogP contribution < -0.4 is 16.6 Å². The highest BCUT2D eigenvalue weighted by Gasteiger charge is 2.19. The van der Waals surface area contributed by atoms with Crippen LogP contribution in [0.5, 0.6) is 5.75 Å². The van der Waals surface area contributed by atoms with E-state index in [2.05, 4.69) is 10.4 Å². The Morgan fingerprint density at radius 1 is 1.11 bits per heavy atom. The second-order valence-corrected chi connectivity index (χ2v) is 5.83. The minimum absolute atomic E-state index is 0.109. The number of hydrogen-bond acceptors (Lipinski definition) is 5.